The number of esters is 1. The number of thiophene rings is 2. The molecule has 0 fully saturated rings. The van der Waals surface area contributed by atoms with Crippen LogP contribution in [0.5, 0.6) is 0 Å². The topological polar surface area (TPSA) is 119 Å². The minimum Gasteiger partial charge on any atom is -0.462 e. The first-order chi connectivity index (χ1) is 15.3. The SMILES string of the molecule is CCOC(=O)c1c(NC(=O)c2cc3cc([N+](=O)[O-])ccc3s2)sc2c1CCN(C(C)=O)C2. The largest absolute Gasteiger partial charge is 0.462 e. The third-order valence-corrected chi connectivity index (χ3v) is 7.39. The van der Waals surface area contributed by atoms with Crippen molar-refractivity contribution in [3.05, 3.63) is 55.3 Å². The summed E-state index contributed by atoms with van der Waals surface area (Å²) < 4.78 is 5.96. The van der Waals surface area contributed by atoms with E-state index in [4.69, 9.17) is 4.74 Å². The predicted octanol–water partition coefficient (Wildman–Crippen LogP) is 4.20. The fourth-order valence-corrected chi connectivity index (χ4v) is 5.79. The number of nitro benzene ring substituents is 1. The molecule has 32 heavy (non-hydrogen) atoms. The molecule has 1 aliphatic rings. The van der Waals surface area contributed by atoms with E-state index in [0.29, 0.717) is 40.3 Å². The van der Waals surface area contributed by atoms with Crippen LogP contribution in [0.2, 0.25) is 0 Å². The molecule has 0 aliphatic carbocycles. The van der Waals surface area contributed by atoms with Crippen LogP contribution in [-0.4, -0.2) is 40.8 Å². The zero-order valence-corrected chi connectivity index (χ0v) is 18.9. The maximum Gasteiger partial charge on any atom is 0.341 e. The second-order valence-corrected chi connectivity index (χ2v) is 9.35. The van der Waals surface area contributed by atoms with Gasteiger partial charge >= 0.3 is 5.97 Å². The lowest BCUT2D eigenvalue weighted by molar-refractivity contribution is -0.384. The summed E-state index contributed by atoms with van der Waals surface area (Å²) >= 11 is 2.47. The molecule has 0 saturated carbocycles. The van der Waals surface area contributed by atoms with E-state index in [2.05, 4.69) is 5.32 Å². The van der Waals surface area contributed by atoms with E-state index in [1.165, 1.54) is 41.7 Å². The number of nitrogens with zero attached hydrogens (tertiary/aromatic N) is 2. The molecule has 0 unspecified atom stereocenters. The molecule has 166 valence electrons. The first kappa shape index (κ1) is 21.9. The van der Waals surface area contributed by atoms with Gasteiger partial charge in [0.15, 0.2) is 0 Å². The van der Waals surface area contributed by atoms with Crippen molar-refractivity contribution in [2.24, 2.45) is 0 Å². The van der Waals surface area contributed by atoms with Crippen molar-refractivity contribution >= 4 is 61.2 Å². The number of carbonyl (C=O) groups is 3. The number of benzene rings is 1. The molecule has 3 aromatic rings. The summed E-state index contributed by atoms with van der Waals surface area (Å²) in [6.45, 7) is 4.28. The minimum atomic E-state index is -0.511. The van der Waals surface area contributed by atoms with Crippen LogP contribution in [0, 0.1) is 10.1 Å². The number of hydrogen-bond acceptors (Lipinski definition) is 8. The number of ether oxygens (including phenoxy) is 1. The quantitative estimate of drug-likeness (QED) is 0.337. The predicted molar refractivity (Wildman–Crippen MR) is 122 cm³/mol. The number of amides is 2. The molecule has 4 rings (SSSR count). The Kier molecular flexibility index (Phi) is 5.94. The highest BCUT2D eigenvalue weighted by Gasteiger charge is 2.30. The molecule has 11 heteroatoms. The van der Waals surface area contributed by atoms with Crippen LogP contribution in [-0.2, 0) is 22.5 Å². The molecule has 0 spiro atoms. The fraction of sp³-hybridized carbons (Fsp3) is 0.286. The van der Waals surface area contributed by atoms with E-state index < -0.39 is 16.8 Å². The Morgan fingerprint density at radius 1 is 1.25 bits per heavy atom. The van der Waals surface area contributed by atoms with Gasteiger partial charge in [-0.15, -0.1) is 22.7 Å². The van der Waals surface area contributed by atoms with Crippen molar-refractivity contribution in [2.75, 3.05) is 18.5 Å². The Bertz CT molecular complexity index is 1260. The second-order valence-electron chi connectivity index (χ2n) is 7.16. The lowest BCUT2D eigenvalue weighted by atomic mass is 10.0. The maximum absolute atomic E-state index is 13.0. The fourth-order valence-electron chi connectivity index (χ4n) is 3.60. The van der Waals surface area contributed by atoms with Crippen molar-refractivity contribution in [1.29, 1.82) is 0 Å². The van der Waals surface area contributed by atoms with Gasteiger partial charge in [0.05, 0.1) is 28.5 Å². The van der Waals surface area contributed by atoms with E-state index in [-0.39, 0.29) is 18.2 Å². The summed E-state index contributed by atoms with van der Waals surface area (Å²) in [5, 5.41) is 14.8. The van der Waals surface area contributed by atoms with Crippen LogP contribution in [0.15, 0.2) is 24.3 Å². The van der Waals surface area contributed by atoms with Crippen LogP contribution in [0.4, 0.5) is 10.7 Å². The van der Waals surface area contributed by atoms with Gasteiger partial charge < -0.3 is 15.0 Å². The monoisotopic (exact) mass is 473 g/mol. The molecule has 2 amide bonds. The number of fused-ring (bicyclic) bond motifs is 2. The van der Waals surface area contributed by atoms with E-state index in [9.17, 15) is 24.5 Å². The van der Waals surface area contributed by atoms with Crippen molar-refractivity contribution in [1.82, 2.24) is 4.90 Å². The molecule has 1 aliphatic heterocycles. The van der Waals surface area contributed by atoms with Gasteiger partial charge in [-0.3, -0.25) is 19.7 Å². The first-order valence-electron chi connectivity index (χ1n) is 9.85. The molecule has 3 heterocycles. The number of hydrogen-bond donors (Lipinski definition) is 1. The Labute approximate surface area is 190 Å². The lowest BCUT2D eigenvalue weighted by Crippen LogP contribution is -2.34. The van der Waals surface area contributed by atoms with Gasteiger partial charge in [0.2, 0.25) is 5.91 Å². The van der Waals surface area contributed by atoms with Gasteiger partial charge in [-0.1, -0.05) is 0 Å². The van der Waals surface area contributed by atoms with E-state index >= 15 is 0 Å². The number of nitro groups is 1. The van der Waals surface area contributed by atoms with Gasteiger partial charge in [-0.25, -0.2) is 4.79 Å². The average molecular weight is 474 g/mol. The van der Waals surface area contributed by atoms with Gasteiger partial charge in [-0.05, 0) is 31.0 Å². The maximum atomic E-state index is 13.0. The van der Waals surface area contributed by atoms with E-state index in [1.807, 2.05) is 0 Å². The molecule has 1 aromatic carbocycles. The van der Waals surface area contributed by atoms with Crippen LogP contribution < -0.4 is 5.32 Å². The van der Waals surface area contributed by atoms with Gasteiger partial charge in [0, 0.05) is 40.6 Å². The summed E-state index contributed by atoms with van der Waals surface area (Å²) in [7, 11) is 0. The summed E-state index contributed by atoms with van der Waals surface area (Å²) in [6.07, 6.45) is 0.502. The van der Waals surface area contributed by atoms with Gasteiger partial charge in [0.1, 0.15) is 5.00 Å². The molecular weight excluding hydrogens is 454 g/mol. The highest BCUT2D eigenvalue weighted by Crippen LogP contribution is 2.38. The van der Waals surface area contributed by atoms with E-state index in [0.717, 1.165) is 15.1 Å². The molecule has 0 atom stereocenters. The molecule has 0 bridgehead atoms. The summed E-state index contributed by atoms with van der Waals surface area (Å²) in [6, 6.07) is 6.02. The van der Waals surface area contributed by atoms with Crippen LogP contribution in [0.1, 0.15) is 44.3 Å². The molecular formula is C21H19N3O6S2. The molecule has 0 radical (unpaired) electrons. The normalized spacial score (nSPS) is 13.0. The number of non-ortho nitro benzene ring substituents is 1. The Morgan fingerprint density at radius 3 is 2.72 bits per heavy atom. The van der Waals surface area contributed by atoms with Crippen molar-refractivity contribution in [3.63, 3.8) is 0 Å². The van der Waals surface area contributed by atoms with Crippen molar-refractivity contribution in [2.45, 2.75) is 26.8 Å². The van der Waals surface area contributed by atoms with Crippen molar-refractivity contribution < 1.29 is 24.0 Å². The lowest BCUT2D eigenvalue weighted by Gasteiger charge is -2.25. The third-order valence-electron chi connectivity index (χ3n) is 5.14. The summed E-state index contributed by atoms with van der Waals surface area (Å²) in [5.41, 5.74) is 1.08. The molecule has 1 N–H and O–H groups in total. The average Bonchev–Trinajstić information content (AvgIpc) is 3.33. The third kappa shape index (κ3) is 4.08. The zero-order chi connectivity index (χ0) is 23.0. The van der Waals surface area contributed by atoms with Crippen LogP contribution in [0.3, 0.4) is 0 Å². The standard InChI is InChI=1S/C21H19N3O6S2/c1-3-30-21(27)18-14-6-7-23(11(2)25)10-17(14)32-20(18)22-19(26)16-9-12-8-13(24(28)29)4-5-15(12)31-16/h4-5,8-9H,3,6-7,10H2,1-2H3,(H,22,26). The highest BCUT2D eigenvalue weighted by atomic mass is 32.1. The van der Waals surface area contributed by atoms with Crippen LogP contribution >= 0.6 is 22.7 Å². The molecule has 9 nitrogen and oxygen atoms in total. The Morgan fingerprint density at radius 2 is 2.03 bits per heavy atom. The number of carbonyl (C=O) groups excluding carboxylic acids is 3. The first-order valence-corrected chi connectivity index (χ1v) is 11.5. The van der Waals surface area contributed by atoms with Crippen LogP contribution in [0.25, 0.3) is 10.1 Å². The molecule has 2 aromatic heterocycles. The molecule has 0 saturated heterocycles. The second kappa shape index (κ2) is 8.67. The summed E-state index contributed by atoms with van der Waals surface area (Å²) in [5.74, 6) is -0.975. The summed E-state index contributed by atoms with van der Waals surface area (Å²) in [4.78, 5) is 50.8. The zero-order valence-electron chi connectivity index (χ0n) is 17.3. The smallest absolute Gasteiger partial charge is 0.341 e. The highest BCUT2D eigenvalue weighted by molar-refractivity contribution is 7.21. The minimum absolute atomic E-state index is 0.0483. The van der Waals surface area contributed by atoms with Crippen molar-refractivity contribution in [3.8, 4) is 0 Å². The van der Waals surface area contributed by atoms with E-state index in [1.54, 1.807) is 24.0 Å². The van der Waals surface area contributed by atoms with Gasteiger partial charge in [0.25, 0.3) is 11.6 Å². The number of nitrogens with one attached hydrogen (secondary N) is 1. The van der Waals surface area contributed by atoms with Gasteiger partial charge in [-0.2, -0.15) is 0 Å². The Hall–Kier alpha value is -3.31. The Balaban J connectivity index is 1.66. The number of anilines is 1. The number of rotatable bonds is 5.